The number of nitrogens with one attached hydrogen (secondary N) is 2. The van der Waals surface area contributed by atoms with Gasteiger partial charge >= 0.3 is 0 Å². The van der Waals surface area contributed by atoms with Gasteiger partial charge in [0.05, 0.1) is 12.2 Å². The lowest BCUT2D eigenvalue weighted by molar-refractivity contribution is -0.122. The van der Waals surface area contributed by atoms with Crippen molar-refractivity contribution in [2.45, 2.75) is 76.4 Å². The van der Waals surface area contributed by atoms with Crippen molar-refractivity contribution in [2.75, 3.05) is 0 Å². The van der Waals surface area contributed by atoms with E-state index in [1.54, 1.807) is 6.20 Å². The van der Waals surface area contributed by atoms with Crippen molar-refractivity contribution in [3.63, 3.8) is 0 Å². The number of hydrogen-bond acceptors (Lipinski definition) is 4. The maximum atomic E-state index is 12.3. The highest BCUT2D eigenvalue weighted by molar-refractivity contribution is 5.92. The Balaban J connectivity index is 1.20. The SMILES string of the molecule is Cc1ccc(CCC(=O)NC2CCC(n3cc(C(=O)NC4CC4)nn3)CC2)cc1. The van der Waals surface area contributed by atoms with Gasteiger partial charge in [0.15, 0.2) is 5.69 Å². The van der Waals surface area contributed by atoms with E-state index in [0.29, 0.717) is 18.2 Å². The van der Waals surface area contributed by atoms with Crippen LogP contribution in [-0.4, -0.2) is 38.9 Å². The number of nitrogens with zero attached hydrogens (tertiary/aromatic N) is 3. The van der Waals surface area contributed by atoms with E-state index in [9.17, 15) is 9.59 Å². The van der Waals surface area contributed by atoms with E-state index in [4.69, 9.17) is 0 Å². The zero-order chi connectivity index (χ0) is 20.2. The van der Waals surface area contributed by atoms with Gasteiger partial charge in [-0.2, -0.15) is 0 Å². The third kappa shape index (κ3) is 5.43. The summed E-state index contributed by atoms with van der Waals surface area (Å²) in [5, 5.41) is 14.3. The molecule has 2 amide bonds. The fourth-order valence-corrected chi connectivity index (χ4v) is 3.84. The number of carbonyl (C=O) groups is 2. The van der Waals surface area contributed by atoms with Crippen LogP contribution in [-0.2, 0) is 11.2 Å². The maximum absolute atomic E-state index is 12.3. The molecule has 1 aromatic heterocycles. The Morgan fingerprint density at radius 1 is 1.00 bits per heavy atom. The highest BCUT2D eigenvalue weighted by atomic mass is 16.2. The van der Waals surface area contributed by atoms with Crippen molar-refractivity contribution in [2.24, 2.45) is 0 Å². The lowest BCUT2D eigenvalue weighted by Gasteiger charge is -2.29. The summed E-state index contributed by atoms with van der Waals surface area (Å²) in [4.78, 5) is 24.4. The Bertz CT molecular complexity index is 848. The molecular formula is C22H29N5O2. The first kappa shape index (κ1) is 19.6. The van der Waals surface area contributed by atoms with Gasteiger partial charge in [-0.1, -0.05) is 35.0 Å². The van der Waals surface area contributed by atoms with Gasteiger partial charge in [0.25, 0.3) is 5.91 Å². The molecule has 154 valence electrons. The molecule has 0 atom stereocenters. The molecule has 0 bridgehead atoms. The number of amides is 2. The van der Waals surface area contributed by atoms with Gasteiger partial charge in [-0.15, -0.1) is 5.10 Å². The third-order valence-corrected chi connectivity index (χ3v) is 5.85. The molecule has 2 fully saturated rings. The van der Waals surface area contributed by atoms with Crippen LogP contribution in [0.2, 0.25) is 0 Å². The van der Waals surface area contributed by atoms with Crippen molar-refractivity contribution in [3.8, 4) is 0 Å². The summed E-state index contributed by atoms with van der Waals surface area (Å²) in [6.07, 6.45) is 8.85. The van der Waals surface area contributed by atoms with E-state index in [2.05, 4.69) is 52.1 Å². The average molecular weight is 396 g/mol. The topological polar surface area (TPSA) is 88.9 Å². The second kappa shape index (κ2) is 8.76. The predicted molar refractivity (Wildman–Crippen MR) is 109 cm³/mol. The van der Waals surface area contributed by atoms with Crippen LogP contribution in [0.5, 0.6) is 0 Å². The van der Waals surface area contributed by atoms with Gasteiger partial charge in [0.2, 0.25) is 5.91 Å². The van der Waals surface area contributed by atoms with Crippen LogP contribution in [0.4, 0.5) is 0 Å². The minimum Gasteiger partial charge on any atom is -0.353 e. The average Bonchev–Trinajstić information content (AvgIpc) is 3.39. The summed E-state index contributed by atoms with van der Waals surface area (Å²) in [6, 6.07) is 9.12. The number of aromatic nitrogens is 3. The second-order valence-electron chi connectivity index (χ2n) is 8.39. The number of rotatable bonds is 7. The molecule has 29 heavy (non-hydrogen) atoms. The number of hydrogen-bond donors (Lipinski definition) is 2. The van der Waals surface area contributed by atoms with Crippen LogP contribution in [0.25, 0.3) is 0 Å². The molecular weight excluding hydrogens is 366 g/mol. The molecule has 2 aliphatic rings. The quantitative estimate of drug-likeness (QED) is 0.754. The van der Waals surface area contributed by atoms with E-state index < -0.39 is 0 Å². The van der Waals surface area contributed by atoms with E-state index in [-0.39, 0.29) is 23.9 Å². The Morgan fingerprint density at radius 2 is 1.66 bits per heavy atom. The molecule has 7 heteroatoms. The number of aryl methyl sites for hydroxylation is 2. The van der Waals surface area contributed by atoms with Crippen LogP contribution in [0.3, 0.4) is 0 Å². The maximum Gasteiger partial charge on any atom is 0.273 e. The minimum absolute atomic E-state index is 0.119. The van der Waals surface area contributed by atoms with Crippen LogP contribution >= 0.6 is 0 Å². The fourth-order valence-electron chi connectivity index (χ4n) is 3.84. The highest BCUT2D eigenvalue weighted by Gasteiger charge is 2.27. The van der Waals surface area contributed by atoms with Gasteiger partial charge in [-0.3, -0.25) is 9.59 Å². The molecule has 0 spiro atoms. The Hall–Kier alpha value is -2.70. The van der Waals surface area contributed by atoms with Gasteiger partial charge in [0.1, 0.15) is 0 Å². The Kier molecular flexibility index (Phi) is 5.92. The van der Waals surface area contributed by atoms with E-state index in [1.807, 2.05) is 4.68 Å². The standard InChI is InChI=1S/C22H29N5O2/c1-15-2-4-16(5-3-15)6-13-21(28)23-17-9-11-19(12-10-17)27-14-20(25-26-27)22(29)24-18-7-8-18/h2-5,14,17-19H,6-13H2,1H3,(H,23,28)(H,24,29). The first-order valence-electron chi connectivity index (χ1n) is 10.6. The largest absolute Gasteiger partial charge is 0.353 e. The van der Waals surface area contributed by atoms with Crippen LogP contribution in [0, 0.1) is 6.92 Å². The van der Waals surface area contributed by atoms with Gasteiger partial charge < -0.3 is 10.6 Å². The third-order valence-electron chi connectivity index (χ3n) is 5.85. The molecule has 0 aliphatic heterocycles. The van der Waals surface area contributed by atoms with Crippen molar-refractivity contribution >= 4 is 11.8 Å². The molecule has 0 saturated heterocycles. The first-order valence-corrected chi connectivity index (χ1v) is 10.6. The summed E-state index contributed by atoms with van der Waals surface area (Å²) in [5.41, 5.74) is 2.82. The van der Waals surface area contributed by atoms with Crippen molar-refractivity contribution in [3.05, 3.63) is 47.3 Å². The molecule has 0 unspecified atom stereocenters. The molecule has 4 rings (SSSR count). The zero-order valence-corrected chi connectivity index (χ0v) is 16.9. The molecule has 2 aliphatic carbocycles. The highest BCUT2D eigenvalue weighted by Crippen LogP contribution is 2.28. The summed E-state index contributed by atoms with van der Waals surface area (Å²) in [7, 11) is 0. The first-order chi connectivity index (χ1) is 14.1. The molecule has 0 radical (unpaired) electrons. The van der Waals surface area contributed by atoms with Gasteiger partial charge in [-0.25, -0.2) is 4.68 Å². The normalized spacial score (nSPS) is 21.6. The lowest BCUT2D eigenvalue weighted by Crippen LogP contribution is -2.38. The van der Waals surface area contributed by atoms with Crippen molar-refractivity contribution < 1.29 is 9.59 Å². The number of benzene rings is 1. The fraction of sp³-hybridized carbons (Fsp3) is 0.545. The molecule has 2 N–H and O–H groups in total. The Labute approximate surface area is 171 Å². The second-order valence-corrected chi connectivity index (χ2v) is 8.39. The van der Waals surface area contributed by atoms with Crippen molar-refractivity contribution in [1.29, 1.82) is 0 Å². The summed E-state index contributed by atoms with van der Waals surface area (Å²) < 4.78 is 1.82. The monoisotopic (exact) mass is 395 g/mol. The van der Waals surface area contributed by atoms with E-state index in [0.717, 1.165) is 44.9 Å². The molecule has 1 aromatic carbocycles. The molecule has 7 nitrogen and oxygen atoms in total. The van der Waals surface area contributed by atoms with Crippen LogP contribution < -0.4 is 10.6 Å². The summed E-state index contributed by atoms with van der Waals surface area (Å²) in [5.74, 6) is -0.0120. The van der Waals surface area contributed by atoms with Crippen LogP contribution in [0.15, 0.2) is 30.5 Å². The van der Waals surface area contributed by atoms with E-state index >= 15 is 0 Å². The summed E-state index contributed by atoms with van der Waals surface area (Å²) in [6.45, 7) is 2.07. The zero-order valence-electron chi connectivity index (χ0n) is 16.9. The smallest absolute Gasteiger partial charge is 0.273 e. The Morgan fingerprint density at radius 3 is 2.34 bits per heavy atom. The minimum atomic E-state index is -0.131. The van der Waals surface area contributed by atoms with Gasteiger partial charge in [-0.05, 0) is 57.4 Å². The van der Waals surface area contributed by atoms with Gasteiger partial charge in [0, 0.05) is 18.5 Å². The predicted octanol–water partition coefficient (Wildman–Crippen LogP) is 2.71. The van der Waals surface area contributed by atoms with E-state index in [1.165, 1.54) is 11.1 Å². The van der Waals surface area contributed by atoms with Crippen molar-refractivity contribution in [1.82, 2.24) is 25.6 Å². The molecule has 1 heterocycles. The number of carbonyl (C=O) groups excluding carboxylic acids is 2. The lowest BCUT2D eigenvalue weighted by atomic mass is 9.91. The molecule has 2 saturated carbocycles. The van der Waals surface area contributed by atoms with Crippen LogP contribution in [0.1, 0.15) is 72.6 Å². The molecule has 2 aromatic rings. The summed E-state index contributed by atoms with van der Waals surface area (Å²) >= 11 is 0.